The van der Waals surface area contributed by atoms with Crippen molar-refractivity contribution in [1.82, 2.24) is 9.97 Å². The molecule has 0 aromatic carbocycles. The van der Waals surface area contributed by atoms with Crippen LogP contribution in [0.2, 0.25) is 0 Å². The lowest BCUT2D eigenvalue weighted by Crippen LogP contribution is -2.24. The summed E-state index contributed by atoms with van der Waals surface area (Å²) in [5, 5.41) is 0. The highest BCUT2D eigenvalue weighted by molar-refractivity contribution is 5.66. The Kier molecular flexibility index (Phi) is 3.77. The number of hydrogen-bond donors (Lipinski definition) is 1. The zero-order valence-electron chi connectivity index (χ0n) is 10.8. The van der Waals surface area contributed by atoms with Crippen LogP contribution in [0.4, 0.5) is 11.5 Å². The van der Waals surface area contributed by atoms with E-state index >= 15 is 0 Å². The molecule has 18 heavy (non-hydrogen) atoms. The fraction of sp³-hybridized carbons (Fsp3) is 0.286. The van der Waals surface area contributed by atoms with Crippen molar-refractivity contribution in [3.63, 3.8) is 0 Å². The maximum atomic E-state index is 6.09. The van der Waals surface area contributed by atoms with Crippen molar-refractivity contribution < 1.29 is 0 Å². The van der Waals surface area contributed by atoms with Gasteiger partial charge >= 0.3 is 0 Å². The van der Waals surface area contributed by atoms with Crippen molar-refractivity contribution in [2.24, 2.45) is 0 Å². The number of aromatic nitrogens is 2. The van der Waals surface area contributed by atoms with Crippen LogP contribution in [0.25, 0.3) is 0 Å². The van der Waals surface area contributed by atoms with Crippen LogP contribution in [0.5, 0.6) is 0 Å². The van der Waals surface area contributed by atoms with Gasteiger partial charge in [-0.05, 0) is 37.6 Å². The minimum atomic E-state index is 0.720. The summed E-state index contributed by atoms with van der Waals surface area (Å²) in [7, 11) is 0. The number of nitrogens with two attached hydrogens (primary N) is 1. The highest BCUT2D eigenvalue weighted by atomic mass is 15.2. The van der Waals surface area contributed by atoms with Crippen molar-refractivity contribution in [2.45, 2.75) is 20.4 Å². The summed E-state index contributed by atoms with van der Waals surface area (Å²) in [5.74, 6) is 0.836. The van der Waals surface area contributed by atoms with E-state index in [1.807, 2.05) is 31.2 Å². The first-order valence-corrected chi connectivity index (χ1v) is 6.08. The van der Waals surface area contributed by atoms with Crippen LogP contribution < -0.4 is 10.6 Å². The Morgan fingerprint density at radius 2 is 2.00 bits per heavy atom. The molecule has 4 nitrogen and oxygen atoms in total. The van der Waals surface area contributed by atoms with Gasteiger partial charge in [0.15, 0.2) is 5.82 Å². The van der Waals surface area contributed by atoms with Gasteiger partial charge in [-0.3, -0.25) is 4.98 Å². The molecule has 2 N–H and O–H groups in total. The van der Waals surface area contributed by atoms with E-state index in [4.69, 9.17) is 5.73 Å². The quantitative estimate of drug-likeness (QED) is 0.894. The molecule has 0 unspecified atom stereocenters. The van der Waals surface area contributed by atoms with Crippen LogP contribution in [0.1, 0.15) is 18.2 Å². The van der Waals surface area contributed by atoms with Crippen LogP contribution in [0.3, 0.4) is 0 Å². The van der Waals surface area contributed by atoms with Gasteiger partial charge < -0.3 is 10.6 Å². The third kappa shape index (κ3) is 2.59. The predicted molar refractivity (Wildman–Crippen MR) is 74.3 cm³/mol. The molecule has 0 aliphatic rings. The molecule has 0 radical (unpaired) electrons. The predicted octanol–water partition coefficient (Wildman–Crippen LogP) is 2.39. The van der Waals surface area contributed by atoms with Gasteiger partial charge in [0.05, 0.1) is 17.9 Å². The average molecular weight is 242 g/mol. The van der Waals surface area contributed by atoms with E-state index in [1.165, 1.54) is 0 Å². The molecular weight excluding hydrogens is 224 g/mol. The molecule has 2 aromatic rings. The molecule has 0 fully saturated rings. The molecule has 0 aliphatic carbocycles. The molecule has 0 spiro atoms. The minimum absolute atomic E-state index is 0.720. The van der Waals surface area contributed by atoms with Crippen LogP contribution >= 0.6 is 0 Å². The summed E-state index contributed by atoms with van der Waals surface area (Å²) in [4.78, 5) is 10.8. The summed E-state index contributed by atoms with van der Waals surface area (Å²) in [6.07, 6.45) is 3.60. The molecule has 0 bridgehead atoms. The van der Waals surface area contributed by atoms with E-state index < -0.39 is 0 Å². The fourth-order valence-corrected chi connectivity index (χ4v) is 1.83. The van der Waals surface area contributed by atoms with Crippen LogP contribution in [-0.4, -0.2) is 16.5 Å². The van der Waals surface area contributed by atoms with Gasteiger partial charge in [-0.2, -0.15) is 0 Å². The average Bonchev–Trinajstić information content (AvgIpc) is 2.41. The first-order chi connectivity index (χ1) is 8.72. The first-order valence-electron chi connectivity index (χ1n) is 6.08. The molecule has 0 saturated carbocycles. The van der Waals surface area contributed by atoms with Crippen molar-refractivity contribution >= 4 is 11.5 Å². The summed E-state index contributed by atoms with van der Waals surface area (Å²) >= 11 is 0. The van der Waals surface area contributed by atoms with Crippen LogP contribution in [0, 0.1) is 6.92 Å². The molecular formula is C14H18N4. The summed E-state index contributed by atoms with van der Waals surface area (Å²) < 4.78 is 0. The maximum absolute atomic E-state index is 6.09. The molecule has 0 amide bonds. The van der Waals surface area contributed by atoms with Crippen molar-refractivity contribution in [3.05, 3.63) is 47.9 Å². The Labute approximate surface area is 107 Å². The van der Waals surface area contributed by atoms with E-state index in [-0.39, 0.29) is 0 Å². The number of pyridine rings is 2. The Bertz CT molecular complexity index is 510. The van der Waals surface area contributed by atoms with Crippen LogP contribution in [-0.2, 0) is 6.54 Å². The van der Waals surface area contributed by atoms with Gasteiger partial charge in [0.25, 0.3) is 0 Å². The van der Waals surface area contributed by atoms with Gasteiger partial charge in [-0.1, -0.05) is 6.07 Å². The third-order valence-electron chi connectivity index (χ3n) is 2.95. The molecule has 0 aliphatic heterocycles. The molecule has 2 heterocycles. The monoisotopic (exact) mass is 242 g/mol. The first kappa shape index (κ1) is 12.4. The van der Waals surface area contributed by atoms with Gasteiger partial charge in [0, 0.05) is 18.9 Å². The molecule has 2 aromatic heterocycles. The number of aryl methyl sites for hydroxylation is 1. The lowest BCUT2D eigenvalue weighted by molar-refractivity contribution is 0.795. The highest BCUT2D eigenvalue weighted by Gasteiger charge is 2.11. The van der Waals surface area contributed by atoms with Gasteiger partial charge in [-0.15, -0.1) is 0 Å². The largest absolute Gasteiger partial charge is 0.396 e. The van der Waals surface area contributed by atoms with E-state index in [0.29, 0.717) is 0 Å². The second-order valence-corrected chi connectivity index (χ2v) is 4.20. The second-order valence-electron chi connectivity index (χ2n) is 4.20. The maximum Gasteiger partial charge on any atom is 0.152 e. The van der Waals surface area contributed by atoms with E-state index in [1.54, 1.807) is 12.4 Å². The Balaban J connectivity index is 2.26. The lowest BCUT2D eigenvalue weighted by atomic mass is 10.2. The standard InChI is InChI=1S/C14H18N4/c1-3-18(10-12-6-4-5-8-16-12)14-13(15)11(2)7-9-17-14/h4-9H,3,10,15H2,1-2H3. The van der Waals surface area contributed by atoms with Gasteiger partial charge in [0.2, 0.25) is 0 Å². The number of hydrogen-bond acceptors (Lipinski definition) is 4. The normalized spacial score (nSPS) is 10.3. The number of rotatable bonds is 4. The topological polar surface area (TPSA) is 55.0 Å². The third-order valence-corrected chi connectivity index (χ3v) is 2.95. The van der Waals surface area contributed by atoms with Gasteiger partial charge in [-0.25, -0.2) is 4.98 Å². The van der Waals surface area contributed by atoms with Crippen molar-refractivity contribution in [1.29, 1.82) is 0 Å². The highest BCUT2D eigenvalue weighted by Crippen LogP contribution is 2.24. The Hall–Kier alpha value is -2.10. The van der Waals surface area contributed by atoms with Crippen molar-refractivity contribution in [2.75, 3.05) is 17.2 Å². The number of anilines is 2. The fourth-order valence-electron chi connectivity index (χ4n) is 1.83. The number of nitrogens with zero attached hydrogens (tertiary/aromatic N) is 3. The van der Waals surface area contributed by atoms with Crippen LogP contribution in [0.15, 0.2) is 36.7 Å². The number of nitrogen functional groups attached to an aromatic ring is 1. The Morgan fingerprint density at radius 3 is 2.67 bits per heavy atom. The summed E-state index contributed by atoms with van der Waals surface area (Å²) in [5.41, 5.74) is 8.90. The second kappa shape index (κ2) is 5.49. The SMILES string of the molecule is CCN(Cc1ccccn1)c1nccc(C)c1N. The zero-order chi connectivity index (χ0) is 13.0. The van der Waals surface area contributed by atoms with Crippen molar-refractivity contribution in [3.8, 4) is 0 Å². The zero-order valence-corrected chi connectivity index (χ0v) is 10.8. The lowest BCUT2D eigenvalue weighted by Gasteiger charge is -2.23. The molecule has 0 saturated heterocycles. The van der Waals surface area contributed by atoms with E-state index in [9.17, 15) is 0 Å². The minimum Gasteiger partial charge on any atom is -0.396 e. The van der Waals surface area contributed by atoms with E-state index in [2.05, 4.69) is 21.8 Å². The molecule has 0 atom stereocenters. The van der Waals surface area contributed by atoms with Gasteiger partial charge in [0.1, 0.15) is 0 Å². The molecule has 4 heteroatoms. The Morgan fingerprint density at radius 1 is 1.17 bits per heavy atom. The molecule has 2 rings (SSSR count). The molecule has 94 valence electrons. The summed E-state index contributed by atoms with van der Waals surface area (Å²) in [6, 6.07) is 7.84. The summed E-state index contributed by atoms with van der Waals surface area (Å²) in [6.45, 7) is 5.65. The smallest absolute Gasteiger partial charge is 0.152 e. The van der Waals surface area contributed by atoms with E-state index in [0.717, 1.165) is 35.9 Å².